The SMILES string of the molecule is CCO.NC(=O)Nc1ccccc1. The summed E-state index contributed by atoms with van der Waals surface area (Å²) in [6.45, 7) is 1.93. The Morgan fingerprint density at radius 1 is 1.46 bits per heavy atom. The number of carbonyl (C=O) groups excluding carboxylic acids is 1. The molecule has 4 heteroatoms. The van der Waals surface area contributed by atoms with E-state index in [1.54, 1.807) is 19.1 Å². The molecule has 0 unspecified atom stereocenters. The van der Waals surface area contributed by atoms with Gasteiger partial charge in [-0.1, -0.05) is 18.2 Å². The third-order valence-electron chi connectivity index (χ3n) is 1.04. The molecule has 0 bridgehead atoms. The number of benzene rings is 1. The Bertz CT molecular complexity index is 237. The Hall–Kier alpha value is -1.55. The number of nitrogens with one attached hydrogen (secondary N) is 1. The van der Waals surface area contributed by atoms with Crippen molar-refractivity contribution in [3.8, 4) is 0 Å². The zero-order valence-corrected chi connectivity index (χ0v) is 7.53. The fourth-order valence-electron chi connectivity index (χ4n) is 0.664. The van der Waals surface area contributed by atoms with Crippen LogP contribution in [-0.2, 0) is 0 Å². The van der Waals surface area contributed by atoms with Gasteiger partial charge in [0.2, 0.25) is 0 Å². The van der Waals surface area contributed by atoms with Crippen molar-refractivity contribution in [1.82, 2.24) is 0 Å². The Labute approximate surface area is 77.4 Å². The second-order valence-corrected chi connectivity index (χ2v) is 2.17. The van der Waals surface area contributed by atoms with Gasteiger partial charge >= 0.3 is 6.03 Å². The molecule has 0 aromatic heterocycles. The lowest BCUT2D eigenvalue weighted by Crippen LogP contribution is -2.18. The number of para-hydroxylation sites is 1. The maximum absolute atomic E-state index is 10.3. The molecule has 1 aromatic carbocycles. The molecule has 4 nitrogen and oxygen atoms in total. The lowest BCUT2D eigenvalue weighted by atomic mass is 10.3. The van der Waals surface area contributed by atoms with Crippen molar-refractivity contribution in [2.45, 2.75) is 6.92 Å². The van der Waals surface area contributed by atoms with Crippen molar-refractivity contribution >= 4 is 11.7 Å². The molecule has 0 saturated heterocycles. The number of carbonyl (C=O) groups is 1. The van der Waals surface area contributed by atoms with Gasteiger partial charge in [-0.25, -0.2) is 4.79 Å². The number of rotatable bonds is 1. The lowest BCUT2D eigenvalue weighted by molar-refractivity contribution is 0.259. The fourth-order valence-corrected chi connectivity index (χ4v) is 0.664. The average Bonchev–Trinajstić information content (AvgIpc) is 2.06. The summed E-state index contributed by atoms with van der Waals surface area (Å²) >= 11 is 0. The molecule has 0 aliphatic carbocycles. The van der Waals surface area contributed by atoms with Crippen LogP contribution in [-0.4, -0.2) is 17.7 Å². The molecule has 0 aliphatic heterocycles. The van der Waals surface area contributed by atoms with Crippen LogP contribution in [0.4, 0.5) is 10.5 Å². The van der Waals surface area contributed by atoms with Crippen LogP contribution in [0.15, 0.2) is 30.3 Å². The zero-order chi connectivity index (χ0) is 10.1. The van der Waals surface area contributed by atoms with Crippen molar-refractivity contribution in [2.24, 2.45) is 5.73 Å². The van der Waals surface area contributed by atoms with E-state index in [4.69, 9.17) is 10.8 Å². The summed E-state index contributed by atoms with van der Waals surface area (Å²) in [5.74, 6) is 0. The van der Waals surface area contributed by atoms with E-state index in [-0.39, 0.29) is 6.61 Å². The van der Waals surface area contributed by atoms with Gasteiger partial charge in [-0.15, -0.1) is 0 Å². The normalized spacial score (nSPS) is 8.15. The van der Waals surface area contributed by atoms with E-state index in [1.807, 2.05) is 18.2 Å². The highest BCUT2D eigenvalue weighted by Gasteiger charge is 1.90. The molecule has 0 spiro atoms. The largest absolute Gasteiger partial charge is 0.397 e. The first-order valence-corrected chi connectivity index (χ1v) is 3.93. The number of nitrogens with two attached hydrogens (primary N) is 1. The zero-order valence-electron chi connectivity index (χ0n) is 7.53. The molecule has 2 amide bonds. The fraction of sp³-hybridized carbons (Fsp3) is 0.222. The molecule has 4 N–H and O–H groups in total. The van der Waals surface area contributed by atoms with E-state index in [0.717, 1.165) is 5.69 Å². The summed E-state index contributed by atoms with van der Waals surface area (Å²) < 4.78 is 0. The van der Waals surface area contributed by atoms with Crippen LogP contribution < -0.4 is 11.1 Å². The average molecular weight is 182 g/mol. The van der Waals surface area contributed by atoms with Gasteiger partial charge in [0.15, 0.2) is 0 Å². The van der Waals surface area contributed by atoms with Crippen LogP contribution in [0.1, 0.15) is 6.92 Å². The number of hydrogen-bond donors (Lipinski definition) is 3. The molecule has 1 aromatic rings. The molecule has 0 atom stereocenters. The minimum Gasteiger partial charge on any atom is -0.397 e. The number of aliphatic hydroxyl groups is 1. The van der Waals surface area contributed by atoms with Crippen LogP contribution >= 0.6 is 0 Å². The van der Waals surface area contributed by atoms with Gasteiger partial charge in [0.1, 0.15) is 0 Å². The Morgan fingerprint density at radius 3 is 2.31 bits per heavy atom. The first-order chi connectivity index (χ1) is 6.20. The second-order valence-electron chi connectivity index (χ2n) is 2.17. The summed E-state index contributed by atoms with van der Waals surface area (Å²) in [6.07, 6.45) is 0. The second kappa shape index (κ2) is 7.12. The Balaban J connectivity index is 0.000000424. The van der Waals surface area contributed by atoms with Crippen LogP contribution in [0.5, 0.6) is 0 Å². The maximum Gasteiger partial charge on any atom is 0.316 e. The Morgan fingerprint density at radius 2 is 1.92 bits per heavy atom. The summed E-state index contributed by atoms with van der Waals surface area (Å²) in [7, 11) is 0. The van der Waals surface area contributed by atoms with Crippen LogP contribution in [0.2, 0.25) is 0 Å². The van der Waals surface area contributed by atoms with Gasteiger partial charge in [0.05, 0.1) is 0 Å². The topological polar surface area (TPSA) is 75.3 Å². The van der Waals surface area contributed by atoms with Crippen molar-refractivity contribution in [1.29, 1.82) is 0 Å². The smallest absolute Gasteiger partial charge is 0.316 e. The van der Waals surface area contributed by atoms with Gasteiger partial charge in [0, 0.05) is 12.3 Å². The number of urea groups is 1. The minimum absolute atomic E-state index is 0.250. The summed E-state index contributed by atoms with van der Waals surface area (Å²) in [6, 6.07) is 8.52. The molecule has 13 heavy (non-hydrogen) atoms. The van der Waals surface area contributed by atoms with Crippen molar-refractivity contribution in [3.05, 3.63) is 30.3 Å². The number of hydrogen-bond acceptors (Lipinski definition) is 2. The van der Waals surface area contributed by atoms with Crippen LogP contribution in [0, 0.1) is 0 Å². The molecule has 1 rings (SSSR count). The quantitative estimate of drug-likeness (QED) is 0.610. The number of anilines is 1. The standard InChI is InChI=1S/C7H8N2O.C2H6O/c8-7(10)9-6-4-2-1-3-5-6;1-2-3/h1-5H,(H3,8,9,10);3H,2H2,1H3. The summed E-state index contributed by atoms with van der Waals surface area (Å²) in [4.78, 5) is 10.3. The summed E-state index contributed by atoms with van der Waals surface area (Å²) in [5.41, 5.74) is 5.59. The van der Waals surface area contributed by atoms with Gasteiger partial charge in [-0.05, 0) is 19.1 Å². The first kappa shape index (κ1) is 11.4. The van der Waals surface area contributed by atoms with E-state index >= 15 is 0 Å². The van der Waals surface area contributed by atoms with Gasteiger partial charge in [-0.3, -0.25) is 0 Å². The molecule has 0 saturated carbocycles. The molecule has 72 valence electrons. The Kier molecular flexibility index (Phi) is 6.27. The predicted molar refractivity (Wildman–Crippen MR) is 52.4 cm³/mol. The van der Waals surface area contributed by atoms with E-state index in [1.165, 1.54) is 0 Å². The predicted octanol–water partition coefficient (Wildman–Crippen LogP) is 1.18. The molecule has 0 aliphatic rings. The number of primary amides is 1. The molecular weight excluding hydrogens is 168 g/mol. The van der Waals surface area contributed by atoms with Crippen LogP contribution in [0.3, 0.4) is 0 Å². The van der Waals surface area contributed by atoms with Crippen molar-refractivity contribution < 1.29 is 9.90 Å². The highest BCUT2D eigenvalue weighted by Crippen LogP contribution is 2.03. The molecule has 0 fully saturated rings. The third kappa shape index (κ3) is 6.83. The molecule has 0 radical (unpaired) electrons. The van der Waals surface area contributed by atoms with Crippen LogP contribution in [0.25, 0.3) is 0 Å². The first-order valence-electron chi connectivity index (χ1n) is 3.93. The minimum atomic E-state index is -0.536. The van der Waals surface area contributed by atoms with E-state index in [9.17, 15) is 4.79 Å². The number of amides is 2. The van der Waals surface area contributed by atoms with Gasteiger partial charge in [0.25, 0.3) is 0 Å². The van der Waals surface area contributed by atoms with Gasteiger partial charge < -0.3 is 16.2 Å². The summed E-state index contributed by atoms with van der Waals surface area (Å²) in [5, 5.41) is 10.0. The third-order valence-corrected chi connectivity index (χ3v) is 1.04. The van der Waals surface area contributed by atoms with E-state index in [0.29, 0.717) is 0 Å². The van der Waals surface area contributed by atoms with E-state index < -0.39 is 6.03 Å². The maximum atomic E-state index is 10.3. The highest BCUT2D eigenvalue weighted by atomic mass is 16.2. The molecular formula is C9H14N2O2. The number of aliphatic hydroxyl groups excluding tert-OH is 1. The van der Waals surface area contributed by atoms with Gasteiger partial charge in [-0.2, -0.15) is 0 Å². The lowest BCUT2D eigenvalue weighted by Gasteiger charge is -1.97. The van der Waals surface area contributed by atoms with Crippen molar-refractivity contribution in [2.75, 3.05) is 11.9 Å². The van der Waals surface area contributed by atoms with Crippen molar-refractivity contribution in [3.63, 3.8) is 0 Å². The molecule has 0 heterocycles. The monoisotopic (exact) mass is 182 g/mol. The highest BCUT2D eigenvalue weighted by molar-refractivity contribution is 5.87. The van der Waals surface area contributed by atoms with E-state index in [2.05, 4.69) is 5.32 Å².